The topological polar surface area (TPSA) is 71.8 Å². The van der Waals surface area contributed by atoms with E-state index >= 15 is 0 Å². The van der Waals surface area contributed by atoms with Crippen LogP contribution in [-0.4, -0.2) is 51.2 Å². The number of carbonyl (C=O) groups excluding carboxylic acids is 2. The van der Waals surface area contributed by atoms with Gasteiger partial charge < -0.3 is 14.1 Å². The van der Waals surface area contributed by atoms with Gasteiger partial charge in [0.2, 0.25) is 0 Å². The number of amides is 3. The van der Waals surface area contributed by atoms with Gasteiger partial charge in [-0.25, -0.2) is 4.79 Å². The maximum absolute atomic E-state index is 12.0. The highest BCUT2D eigenvalue weighted by Crippen LogP contribution is 2.07. The van der Waals surface area contributed by atoms with E-state index in [4.69, 9.17) is 9.15 Å². The molecular formula is C13H20N2O4Si. The lowest BCUT2D eigenvalue weighted by Gasteiger charge is -2.26. The van der Waals surface area contributed by atoms with Crippen LogP contribution in [0.25, 0.3) is 0 Å². The van der Waals surface area contributed by atoms with Crippen LogP contribution in [0.3, 0.4) is 0 Å². The quantitative estimate of drug-likeness (QED) is 0.827. The van der Waals surface area contributed by atoms with Gasteiger partial charge >= 0.3 is 6.03 Å². The smallest absolute Gasteiger partial charge is 0.324 e. The highest BCUT2D eigenvalue weighted by atomic mass is 28.3. The summed E-state index contributed by atoms with van der Waals surface area (Å²) in [6.07, 6.45) is 0. The summed E-state index contributed by atoms with van der Waals surface area (Å²) in [7, 11) is -1.59. The summed E-state index contributed by atoms with van der Waals surface area (Å²) < 4.78 is 10.7. The first-order chi connectivity index (χ1) is 9.38. The summed E-state index contributed by atoms with van der Waals surface area (Å²) in [6, 6.07) is 3.04. The maximum Gasteiger partial charge on any atom is 0.324 e. The molecule has 7 heteroatoms. The van der Waals surface area contributed by atoms with E-state index in [1.807, 2.05) is 6.07 Å². The summed E-state index contributed by atoms with van der Waals surface area (Å²) in [6.45, 7) is 8.39. The first-order valence-electron chi connectivity index (χ1n) is 6.66. The number of furan rings is 1. The van der Waals surface area contributed by atoms with Crippen LogP contribution in [0.1, 0.15) is 10.6 Å². The van der Waals surface area contributed by atoms with Crippen LogP contribution in [0.4, 0.5) is 4.79 Å². The van der Waals surface area contributed by atoms with Crippen LogP contribution in [0.2, 0.25) is 19.6 Å². The van der Waals surface area contributed by atoms with Crippen molar-refractivity contribution >= 4 is 25.4 Å². The summed E-state index contributed by atoms with van der Waals surface area (Å²) in [4.78, 5) is 25.4. The first kappa shape index (κ1) is 14.8. The van der Waals surface area contributed by atoms with E-state index in [0.29, 0.717) is 26.3 Å². The fraction of sp³-hybridized carbons (Fsp3) is 0.538. The van der Waals surface area contributed by atoms with Crippen LogP contribution < -0.4 is 10.7 Å². The number of hydrogen-bond acceptors (Lipinski definition) is 4. The molecule has 1 saturated heterocycles. The lowest BCUT2D eigenvalue weighted by atomic mass is 10.4. The SMILES string of the molecule is C[Si](C)(C)c1ccc(C(=O)NC(=O)N2CCOCC2)o1. The van der Waals surface area contributed by atoms with Crippen molar-refractivity contribution in [2.45, 2.75) is 19.6 Å². The Balaban J connectivity index is 1.97. The number of morpholine rings is 1. The molecule has 1 fully saturated rings. The van der Waals surface area contributed by atoms with Crippen molar-refractivity contribution in [1.29, 1.82) is 0 Å². The molecule has 2 rings (SSSR count). The number of imide groups is 1. The average molecular weight is 296 g/mol. The fourth-order valence-electron chi connectivity index (χ4n) is 1.87. The van der Waals surface area contributed by atoms with Gasteiger partial charge in [-0.3, -0.25) is 10.1 Å². The van der Waals surface area contributed by atoms with Gasteiger partial charge in [-0.2, -0.15) is 0 Å². The Labute approximate surface area is 119 Å². The average Bonchev–Trinajstić information content (AvgIpc) is 2.89. The van der Waals surface area contributed by atoms with Gasteiger partial charge in [-0.05, 0) is 12.1 Å². The lowest BCUT2D eigenvalue weighted by Crippen LogP contribution is -2.48. The zero-order valence-electron chi connectivity index (χ0n) is 12.1. The van der Waals surface area contributed by atoms with Crippen molar-refractivity contribution in [3.63, 3.8) is 0 Å². The van der Waals surface area contributed by atoms with E-state index < -0.39 is 20.0 Å². The molecule has 1 aliphatic rings. The second-order valence-corrected chi connectivity index (χ2v) is 10.8. The zero-order valence-corrected chi connectivity index (χ0v) is 13.1. The molecule has 0 spiro atoms. The van der Waals surface area contributed by atoms with Crippen molar-refractivity contribution in [2.24, 2.45) is 0 Å². The van der Waals surface area contributed by atoms with Crippen LogP contribution in [0, 0.1) is 0 Å². The summed E-state index contributed by atoms with van der Waals surface area (Å²) in [5.41, 5.74) is 0. The lowest BCUT2D eigenvalue weighted by molar-refractivity contribution is 0.0522. The number of rotatable bonds is 2. The summed E-state index contributed by atoms with van der Waals surface area (Å²) in [5.74, 6) is -0.310. The molecule has 0 aromatic carbocycles. The standard InChI is InChI=1S/C13H20N2O4Si/c1-20(2,3)11-5-4-10(19-11)12(16)14-13(17)15-6-8-18-9-7-15/h4-5H,6-9H2,1-3H3,(H,14,16,17). The number of hydrogen-bond donors (Lipinski definition) is 1. The van der Waals surface area contributed by atoms with E-state index in [1.54, 1.807) is 11.0 Å². The minimum atomic E-state index is -1.59. The predicted octanol–water partition coefficient (Wildman–Crippen LogP) is 1.01. The highest BCUT2D eigenvalue weighted by molar-refractivity contribution is 6.87. The van der Waals surface area contributed by atoms with Crippen LogP contribution in [-0.2, 0) is 4.74 Å². The normalized spacial score (nSPS) is 16.1. The summed E-state index contributed by atoms with van der Waals surface area (Å²) >= 11 is 0. The molecule has 0 bridgehead atoms. The molecule has 20 heavy (non-hydrogen) atoms. The van der Waals surface area contributed by atoms with Crippen molar-refractivity contribution in [3.05, 3.63) is 17.9 Å². The predicted molar refractivity (Wildman–Crippen MR) is 76.9 cm³/mol. The Bertz CT molecular complexity index is 501. The third kappa shape index (κ3) is 3.49. The molecular weight excluding hydrogens is 276 g/mol. The second kappa shape index (κ2) is 5.80. The number of nitrogens with one attached hydrogen (secondary N) is 1. The third-order valence-corrected chi connectivity index (χ3v) is 4.83. The van der Waals surface area contributed by atoms with Gasteiger partial charge in [0.05, 0.1) is 18.6 Å². The second-order valence-electron chi connectivity index (χ2n) is 5.77. The number of carbonyl (C=O) groups is 2. The fourth-order valence-corrected chi connectivity index (χ4v) is 2.87. The molecule has 3 amide bonds. The number of ether oxygens (including phenoxy) is 1. The molecule has 0 atom stereocenters. The molecule has 1 aromatic heterocycles. The molecule has 6 nitrogen and oxygen atoms in total. The van der Waals surface area contributed by atoms with Crippen molar-refractivity contribution in [1.82, 2.24) is 10.2 Å². The Kier molecular flexibility index (Phi) is 4.29. The zero-order chi connectivity index (χ0) is 14.8. The van der Waals surface area contributed by atoms with Gasteiger partial charge in [0.1, 0.15) is 8.07 Å². The Morgan fingerprint density at radius 3 is 2.40 bits per heavy atom. The van der Waals surface area contributed by atoms with Gasteiger partial charge in [-0.15, -0.1) is 0 Å². The van der Waals surface area contributed by atoms with Gasteiger partial charge in [0.15, 0.2) is 5.76 Å². The minimum Gasteiger partial charge on any atom is -0.461 e. The molecule has 1 aliphatic heterocycles. The third-order valence-electron chi connectivity index (χ3n) is 3.09. The number of nitrogens with zero attached hydrogens (tertiary/aromatic N) is 1. The Morgan fingerprint density at radius 1 is 1.20 bits per heavy atom. The van der Waals surface area contributed by atoms with Crippen LogP contribution in [0.15, 0.2) is 16.5 Å². The van der Waals surface area contributed by atoms with E-state index in [-0.39, 0.29) is 5.76 Å². The van der Waals surface area contributed by atoms with Crippen molar-refractivity contribution in [3.8, 4) is 0 Å². The highest BCUT2D eigenvalue weighted by Gasteiger charge is 2.24. The maximum atomic E-state index is 12.0. The van der Waals surface area contributed by atoms with Crippen molar-refractivity contribution < 1.29 is 18.7 Å². The molecule has 0 saturated carbocycles. The largest absolute Gasteiger partial charge is 0.461 e. The minimum absolute atomic E-state index is 0.184. The summed E-state index contributed by atoms with van der Waals surface area (Å²) in [5, 5.41) is 3.19. The van der Waals surface area contributed by atoms with Gasteiger partial charge in [0, 0.05) is 13.1 Å². The van der Waals surface area contributed by atoms with Gasteiger partial charge in [-0.1, -0.05) is 19.6 Å². The number of urea groups is 1. The monoisotopic (exact) mass is 296 g/mol. The van der Waals surface area contributed by atoms with E-state index in [2.05, 4.69) is 25.0 Å². The van der Waals surface area contributed by atoms with E-state index in [9.17, 15) is 9.59 Å². The molecule has 2 heterocycles. The Hall–Kier alpha value is -1.60. The first-order valence-corrected chi connectivity index (χ1v) is 10.2. The molecule has 0 aliphatic carbocycles. The molecule has 110 valence electrons. The van der Waals surface area contributed by atoms with Gasteiger partial charge in [0.25, 0.3) is 5.91 Å². The van der Waals surface area contributed by atoms with Crippen molar-refractivity contribution in [2.75, 3.05) is 26.3 Å². The molecule has 0 unspecified atom stereocenters. The molecule has 0 radical (unpaired) electrons. The van der Waals surface area contributed by atoms with E-state index in [1.165, 1.54) is 0 Å². The molecule has 1 aromatic rings. The van der Waals surface area contributed by atoms with Crippen LogP contribution >= 0.6 is 0 Å². The van der Waals surface area contributed by atoms with Crippen LogP contribution in [0.5, 0.6) is 0 Å². The molecule has 1 N–H and O–H groups in total. The Morgan fingerprint density at radius 2 is 1.85 bits per heavy atom. The van der Waals surface area contributed by atoms with E-state index in [0.717, 1.165) is 5.38 Å².